The summed E-state index contributed by atoms with van der Waals surface area (Å²) in [5.74, 6) is -1.01. The van der Waals surface area contributed by atoms with Crippen LogP contribution in [0.3, 0.4) is 0 Å². The molecule has 0 radical (unpaired) electrons. The van der Waals surface area contributed by atoms with Crippen molar-refractivity contribution >= 4 is 16.2 Å². The zero-order valence-electron chi connectivity index (χ0n) is 12.2. The van der Waals surface area contributed by atoms with E-state index in [0.717, 1.165) is 30.2 Å². The van der Waals surface area contributed by atoms with Crippen molar-refractivity contribution in [1.82, 2.24) is 13.9 Å². The summed E-state index contributed by atoms with van der Waals surface area (Å²) in [4.78, 5) is 12.7. The second kappa shape index (κ2) is 7.92. The van der Waals surface area contributed by atoms with Crippen molar-refractivity contribution in [1.29, 1.82) is 0 Å². The lowest BCUT2D eigenvalue weighted by Gasteiger charge is -2.32. The summed E-state index contributed by atoms with van der Waals surface area (Å²) in [6, 6.07) is 0.151. The minimum absolute atomic E-state index is 0.0250. The number of hydrogen-bond donors (Lipinski definition) is 2. The normalized spacial score (nSPS) is 19.1. The van der Waals surface area contributed by atoms with Gasteiger partial charge in [0.15, 0.2) is 0 Å². The smallest absolute Gasteiger partial charge is 0.304 e. The van der Waals surface area contributed by atoms with Crippen LogP contribution >= 0.6 is 0 Å². The Balaban J connectivity index is 2.39. The standard InChI is InChI=1S/C12H25N3O4S/c1-11(15-7-4-3-5-8-15)10-13-20(18,19)14(2)9-6-12(16)17/h11,13H,3-10H2,1-2H3,(H,16,17). The maximum absolute atomic E-state index is 11.9. The van der Waals surface area contributed by atoms with Crippen molar-refractivity contribution in [3.63, 3.8) is 0 Å². The molecule has 0 aromatic heterocycles. The van der Waals surface area contributed by atoms with Crippen molar-refractivity contribution in [3.05, 3.63) is 0 Å². The summed E-state index contributed by atoms with van der Waals surface area (Å²) < 4.78 is 27.5. The molecule has 0 aliphatic carbocycles. The molecule has 118 valence electrons. The van der Waals surface area contributed by atoms with E-state index < -0.39 is 16.2 Å². The molecular weight excluding hydrogens is 282 g/mol. The highest BCUT2D eigenvalue weighted by molar-refractivity contribution is 7.87. The molecule has 2 N–H and O–H groups in total. The van der Waals surface area contributed by atoms with Gasteiger partial charge in [-0.15, -0.1) is 0 Å². The van der Waals surface area contributed by atoms with Gasteiger partial charge in [0.2, 0.25) is 0 Å². The molecule has 1 atom stereocenters. The van der Waals surface area contributed by atoms with E-state index in [9.17, 15) is 13.2 Å². The number of hydrogen-bond acceptors (Lipinski definition) is 4. The van der Waals surface area contributed by atoms with E-state index in [4.69, 9.17) is 5.11 Å². The summed E-state index contributed by atoms with van der Waals surface area (Å²) >= 11 is 0. The highest BCUT2D eigenvalue weighted by Gasteiger charge is 2.22. The van der Waals surface area contributed by atoms with Gasteiger partial charge in [-0.1, -0.05) is 6.42 Å². The lowest BCUT2D eigenvalue weighted by Crippen LogP contribution is -2.47. The molecule has 8 heteroatoms. The Bertz CT molecular complexity index is 407. The van der Waals surface area contributed by atoms with Gasteiger partial charge in [0.05, 0.1) is 6.42 Å². The minimum atomic E-state index is -3.60. The quantitative estimate of drug-likeness (QED) is 0.664. The second-order valence-electron chi connectivity index (χ2n) is 5.26. The first-order valence-electron chi connectivity index (χ1n) is 6.99. The summed E-state index contributed by atoms with van der Waals surface area (Å²) in [6.45, 7) is 4.35. The van der Waals surface area contributed by atoms with E-state index in [2.05, 4.69) is 9.62 Å². The zero-order valence-corrected chi connectivity index (χ0v) is 13.0. The Labute approximate surface area is 121 Å². The van der Waals surface area contributed by atoms with Gasteiger partial charge in [0.1, 0.15) is 0 Å². The van der Waals surface area contributed by atoms with Crippen molar-refractivity contribution < 1.29 is 18.3 Å². The van der Waals surface area contributed by atoms with Crippen LogP contribution in [0.25, 0.3) is 0 Å². The van der Waals surface area contributed by atoms with Crippen molar-refractivity contribution in [2.75, 3.05) is 33.2 Å². The Morgan fingerprint density at radius 3 is 2.50 bits per heavy atom. The molecule has 1 saturated heterocycles. The zero-order chi connectivity index (χ0) is 15.2. The fourth-order valence-corrected chi connectivity index (χ4v) is 3.20. The molecule has 1 fully saturated rings. The SMILES string of the molecule is CC(CNS(=O)(=O)N(C)CCC(=O)O)N1CCCCC1. The van der Waals surface area contributed by atoms with Gasteiger partial charge >= 0.3 is 5.97 Å². The third-order valence-electron chi connectivity index (χ3n) is 3.63. The Morgan fingerprint density at radius 2 is 1.95 bits per heavy atom. The fraction of sp³-hybridized carbons (Fsp3) is 0.917. The molecule has 0 bridgehead atoms. The monoisotopic (exact) mass is 307 g/mol. The predicted octanol–water partition coefficient (Wildman–Crippen LogP) is 0.102. The number of nitrogens with one attached hydrogen (secondary N) is 1. The number of carboxylic acid groups (broad SMARTS) is 1. The first-order chi connectivity index (χ1) is 9.33. The molecule has 7 nitrogen and oxygen atoms in total. The molecule has 1 rings (SSSR count). The van der Waals surface area contributed by atoms with Crippen molar-refractivity contribution in [2.45, 2.75) is 38.6 Å². The van der Waals surface area contributed by atoms with Crippen LogP contribution in [0.15, 0.2) is 0 Å². The van der Waals surface area contributed by atoms with Crippen molar-refractivity contribution in [2.24, 2.45) is 0 Å². The van der Waals surface area contributed by atoms with Crippen LogP contribution < -0.4 is 4.72 Å². The molecule has 0 saturated carbocycles. The highest BCUT2D eigenvalue weighted by atomic mass is 32.2. The Hall–Kier alpha value is -0.700. The average Bonchev–Trinajstić information content (AvgIpc) is 2.43. The highest BCUT2D eigenvalue weighted by Crippen LogP contribution is 2.11. The molecule has 1 heterocycles. The molecule has 1 aliphatic heterocycles. The molecule has 1 aliphatic rings. The molecule has 0 aromatic carbocycles. The van der Waals surface area contributed by atoms with Crippen LogP contribution in [0.5, 0.6) is 0 Å². The number of rotatable bonds is 8. The molecule has 0 spiro atoms. The van der Waals surface area contributed by atoms with E-state index in [1.54, 1.807) is 0 Å². The number of nitrogens with zero attached hydrogens (tertiary/aromatic N) is 2. The summed E-state index contributed by atoms with van der Waals surface area (Å²) in [5, 5.41) is 8.57. The number of aliphatic carboxylic acids is 1. The van der Waals surface area contributed by atoms with Gasteiger partial charge in [-0.2, -0.15) is 12.7 Å². The molecule has 0 amide bonds. The van der Waals surface area contributed by atoms with E-state index >= 15 is 0 Å². The number of piperidine rings is 1. The molecular formula is C12H25N3O4S. The summed E-state index contributed by atoms with van der Waals surface area (Å²) in [5.41, 5.74) is 0. The van der Waals surface area contributed by atoms with Crippen LogP contribution in [0.4, 0.5) is 0 Å². The average molecular weight is 307 g/mol. The lowest BCUT2D eigenvalue weighted by molar-refractivity contribution is -0.137. The first-order valence-corrected chi connectivity index (χ1v) is 8.43. The topological polar surface area (TPSA) is 90.0 Å². The van der Waals surface area contributed by atoms with Gasteiger partial charge < -0.3 is 5.11 Å². The maximum atomic E-state index is 11.9. The van der Waals surface area contributed by atoms with Gasteiger partial charge in [-0.25, -0.2) is 4.72 Å². The van der Waals surface area contributed by atoms with Gasteiger partial charge in [0.25, 0.3) is 10.2 Å². The second-order valence-corrected chi connectivity index (χ2v) is 7.13. The molecule has 0 aromatic rings. The Kier molecular flexibility index (Phi) is 6.87. The molecule has 1 unspecified atom stereocenters. The predicted molar refractivity (Wildman–Crippen MR) is 76.7 cm³/mol. The fourth-order valence-electron chi connectivity index (χ4n) is 2.20. The van der Waals surface area contributed by atoms with E-state index in [-0.39, 0.29) is 19.0 Å². The summed E-state index contributed by atoms with van der Waals surface area (Å²) in [7, 11) is -2.21. The first kappa shape index (κ1) is 17.4. The Morgan fingerprint density at radius 1 is 1.35 bits per heavy atom. The van der Waals surface area contributed by atoms with Crippen LogP contribution in [0.2, 0.25) is 0 Å². The van der Waals surface area contributed by atoms with Crippen LogP contribution in [0, 0.1) is 0 Å². The largest absolute Gasteiger partial charge is 0.481 e. The van der Waals surface area contributed by atoms with Gasteiger partial charge in [-0.3, -0.25) is 9.69 Å². The molecule has 20 heavy (non-hydrogen) atoms. The number of carbonyl (C=O) groups is 1. The van der Waals surface area contributed by atoms with Crippen LogP contribution in [-0.2, 0) is 15.0 Å². The third kappa shape index (κ3) is 5.74. The van der Waals surface area contributed by atoms with Crippen molar-refractivity contribution in [3.8, 4) is 0 Å². The van der Waals surface area contributed by atoms with Gasteiger partial charge in [-0.05, 0) is 32.9 Å². The number of carboxylic acids is 1. The minimum Gasteiger partial charge on any atom is -0.481 e. The van der Waals surface area contributed by atoms with E-state index in [0.29, 0.717) is 6.54 Å². The van der Waals surface area contributed by atoms with Crippen LogP contribution in [-0.4, -0.2) is 68.0 Å². The summed E-state index contributed by atoms with van der Waals surface area (Å²) in [6.07, 6.45) is 3.37. The lowest BCUT2D eigenvalue weighted by atomic mass is 10.1. The van der Waals surface area contributed by atoms with E-state index in [1.807, 2.05) is 6.92 Å². The number of likely N-dealkylation sites (tertiary alicyclic amines) is 1. The third-order valence-corrected chi connectivity index (χ3v) is 5.16. The van der Waals surface area contributed by atoms with Gasteiger partial charge in [0, 0.05) is 26.2 Å². The van der Waals surface area contributed by atoms with Crippen LogP contribution in [0.1, 0.15) is 32.6 Å². The van der Waals surface area contributed by atoms with E-state index in [1.165, 1.54) is 13.5 Å². The maximum Gasteiger partial charge on any atom is 0.304 e.